The van der Waals surface area contributed by atoms with Gasteiger partial charge in [0.15, 0.2) is 11.1 Å². The van der Waals surface area contributed by atoms with Crippen LogP contribution in [-0.2, 0) is 9.47 Å². The number of ether oxygens (including phenoxy) is 2. The van der Waals surface area contributed by atoms with E-state index in [4.69, 9.17) is 23.2 Å². The second kappa shape index (κ2) is 5.91. The quantitative estimate of drug-likeness (QED) is 0.407. The molecule has 2 unspecified atom stereocenters. The van der Waals surface area contributed by atoms with Gasteiger partial charge in [0.25, 0.3) is 0 Å². The molecular weight excluding hydrogens is 203 g/mol. The summed E-state index contributed by atoms with van der Waals surface area (Å²) >= 11 is 10.8. The Balaban J connectivity index is 3.73. The summed E-state index contributed by atoms with van der Waals surface area (Å²) in [6.45, 7) is 6.59. The zero-order valence-corrected chi connectivity index (χ0v) is 7.72. The molecule has 0 aliphatic rings. The van der Waals surface area contributed by atoms with E-state index in [9.17, 15) is 4.79 Å². The first-order valence-corrected chi connectivity index (χ1v) is 3.88. The van der Waals surface area contributed by atoms with Crippen LogP contribution in [0.5, 0.6) is 0 Å². The van der Waals surface area contributed by atoms with E-state index in [2.05, 4.69) is 22.6 Å². The predicted molar refractivity (Wildman–Crippen MR) is 47.2 cm³/mol. The first-order valence-electron chi connectivity index (χ1n) is 3.00. The van der Waals surface area contributed by atoms with Gasteiger partial charge < -0.3 is 9.47 Å². The normalized spacial score (nSPS) is 14.2. The van der Waals surface area contributed by atoms with Gasteiger partial charge in [-0.15, -0.1) is 0 Å². The van der Waals surface area contributed by atoms with Gasteiger partial charge in [-0.05, 0) is 12.2 Å². The van der Waals surface area contributed by atoms with Crippen molar-refractivity contribution in [1.82, 2.24) is 0 Å². The highest BCUT2D eigenvalue weighted by molar-refractivity contribution is 6.22. The van der Waals surface area contributed by atoms with Crippen molar-refractivity contribution >= 4 is 29.4 Å². The number of halogens is 2. The Morgan fingerprint density at radius 1 is 1.17 bits per heavy atom. The second-order valence-electron chi connectivity index (χ2n) is 1.66. The Morgan fingerprint density at radius 2 is 1.50 bits per heavy atom. The molecule has 0 aliphatic heterocycles. The number of alkyl halides is 2. The average Bonchev–Trinajstić information content (AvgIpc) is 2.03. The molecule has 0 saturated heterocycles. The smallest absolute Gasteiger partial charge is 0.411 e. The largest absolute Gasteiger partial charge is 0.511 e. The van der Waals surface area contributed by atoms with Crippen molar-refractivity contribution in [2.24, 2.45) is 0 Å². The van der Waals surface area contributed by atoms with Crippen molar-refractivity contribution in [2.45, 2.75) is 11.1 Å². The van der Waals surface area contributed by atoms with Gasteiger partial charge in [-0.3, -0.25) is 0 Å². The summed E-state index contributed by atoms with van der Waals surface area (Å²) in [5.74, 6) is 0. The lowest BCUT2D eigenvalue weighted by molar-refractivity contribution is 0.0550. The van der Waals surface area contributed by atoms with Gasteiger partial charge in [0.2, 0.25) is 0 Å². The average molecular weight is 211 g/mol. The van der Waals surface area contributed by atoms with E-state index in [1.807, 2.05) is 0 Å². The minimum atomic E-state index is -0.963. The van der Waals surface area contributed by atoms with Gasteiger partial charge in [-0.25, -0.2) is 4.79 Å². The van der Waals surface area contributed by atoms with E-state index in [1.165, 1.54) is 12.2 Å². The third kappa shape index (κ3) is 5.04. The fourth-order valence-corrected chi connectivity index (χ4v) is 0.453. The predicted octanol–water partition coefficient (Wildman–Crippen LogP) is 2.64. The van der Waals surface area contributed by atoms with Crippen LogP contribution in [0.4, 0.5) is 4.79 Å². The third-order valence-corrected chi connectivity index (χ3v) is 1.32. The lowest BCUT2D eigenvalue weighted by Crippen LogP contribution is -2.15. The van der Waals surface area contributed by atoms with Gasteiger partial charge in [0.1, 0.15) is 0 Å². The maximum absolute atomic E-state index is 10.7. The summed E-state index contributed by atoms with van der Waals surface area (Å²) in [5.41, 5.74) is -1.82. The number of hydrogen-bond donors (Lipinski definition) is 0. The number of rotatable bonds is 4. The fourth-order valence-electron chi connectivity index (χ4n) is 0.308. The van der Waals surface area contributed by atoms with Crippen LogP contribution in [0.25, 0.3) is 0 Å². The molecule has 0 heterocycles. The minimum absolute atomic E-state index is 0.911. The summed E-state index contributed by atoms with van der Waals surface area (Å²) in [4.78, 5) is 10.7. The SMILES string of the molecule is C=CC(Cl)OC(=O)OC(Cl)C=C. The Labute approximate surface area is 80.5 Å². The molecule has 0 spiro atoms. The molecule has 0 bridgehead atoms. The Morgan fingerprint density at radius 3 is 1.75 bits per heavy atom. The van der Waals surface area contributed by atoms with Gasteiger partial charge in [-0.1, -0.05) is 36.4 Å². The van der Waals surface area contributed by atoms with Crippen LogP contribution in [-0.4, -0.2) is 17.3 Å². The molecule has 0 N–H and O–H groups in total. The Kier molecular flexibility index (Phi) is 5.58. The van der Waals surface area contributed by atoms with E-state index < -0.39 is 17.3 Å². The first-order chi connectivity index (χ1) is 5.60. The molecule has 68 valence electrons. The standard InChI is InChI=1S/C7H8Cl2O3/c1-3-5(8)11-7(10)12-6(9)4-2/h3-6H,1-2H2. The molecular formula is C7H8Cl2O3. The molecule has 0 aromatic heterocycles. The molecule has 2 atom stereocenters. The highest BCUT2D eigenvalue weighted by Gasteiger charge is 2.12. The Hall–Kier alpha value is -0.670. The molecule has 12 heavy (non-hydrogen) atoms. The van der Waals surface area contributed by atoms with E-state index in [-0.39, 0.29) is 0 Å². The maximum Gasteiger partial charge on any atom is 0.511 e. The molecule has 5 heteroatoms. The number of carbonyl (C=O) groups is 1. The first kappa shape index (κ1) is 11.3. The molecule has 0 fully saturated rings. The molecule has 0 amide bonds. The van der Waals surface area contributed by atoms with Crippen molar-refractivity contribution in [1.29, 1.82) is 0 Å². The second-order valence-corrected chi connectivity index (χ2v) is 2.52. The lowest BCUT2D eigenvalue weighted by Gasteiger charge is -2.08. The summed E-state index contributed by atoms with van der Waals surface area (Å²) in [5, 5.41) is 0. The van der Waals surface area contributed by atoms with E-state index in [1.54, 1.807) is 0 Å². The maximum atomic E-state index is 10.7. The van der Waals surface area contributed by atoms with Crippen LogP contribution in [0.2, 0.25) is 0 Å². The van der Waals surface area contributed by atoms with Crippen LogP contribution in [0.3, 0.4) is 0 Å². The number of carbonyl (C=O) groups excluding carboxylic acids is 1. The van der Waals surface area contributed by atoms with Crippen LogP contribution < -0.4 is 0 Å². The topological polar surface area (TPSA) is 35.5 Å². The molecule has 3 nitrogen and oxygen atoms in total. The van der Waals surface area contributed by atoms with Crippen molar-refractivity contribution in [2.75, 3.05) is 0 Å². The van der Waals surface area contributed by atoms with Crippen LogP contribution in [0.1, 0.15) is 0 Å². The summed E-state index contributed by atoms with van der Waals surface area (Å²) < 4.78 is 8.85. The zero-order valence-electron chi connectivity index (χ0n) is 6.20. The molecule has 0 aromatic carbocycles. The van der Waals surface area contributed by atoms with Crippen molar-refractivity contribution < 1.29 is 14.3 Å². The Bertz CT molecular complexity index is 163. The third-order valence-electron chi connectivity index (χ3n) is 0.788. The molecule has 0 saturated carbocycles. The van der Waals surface area contributed by atoms with Crippen LogP contribution >= 0.6 is 23.2 Å². The molecule has 0 aromatic rings. The van der Waals surface area contributed by atoms with Crippen LogP contribution in [0, 0.1) is 0 Å². The lowest BCUT2D eigenvalue weighted by atomic mass is 10.7. The van der Waals surface area contributed by atoms with Gasteiger partial charge >= 0.3 is 6.16 Å². The summed E-state index contributed by atoms with van der Waals surface area (Å²) in [7, 11) is 0. The van der Waals surface area contributed by atoms with Crippen molar-refractivity contribution in [3.8, 4) is 0 Å². The van der Waals surface area contributed by atoms with E-state index in [0.29, 0.717) is 0 Å². The molecule has 0 aliphatic carbocycles. The van der Waals surface area contributed by atoms with Gasteiger partial charge in [0.05, 0.1) is 0 Å². The zero-order chi connectivity index (χ0) is 9.56. The fraction of sp³-hybridized carbons (Fsp3) is 0.286. The molecule has 0 rings (SSSR count). The van der Waals surface area contributed by atoms with E-state index >= 15 is 0 Å². The monoisotopic (exact) mass is 210 g/mol. The van der Waals surface area contributed by atoms with Crippen LogP contribution in [0.15, 0.2) is 25.3 Å². The van der Waals surface area contributed by atoms with E-state index in [0.717, 1.165) is 0 Å². The van der Waals surface area contributed by atoms with Crippen molar-refractivity contribution in [3.05, 3.63) is 25.3 Å². The highest BCUT2D eigenvalue weighted by atomic mass is 35.5. The summed E-state index contributed by atoms with van der Waals surface area (Å²) in [6, 6.07) is 0. The van der Waals surface area contributed by atoms with Gasteiger partial charge in [0, 0.05) is 0 Å². The molecule has 0 radical (unpaired) electrons. The van der Waals surface area contributed by atoms with Gasteiger partial charge in [-0.2, -0.15) is 0 Å². The van der Waals surface area contributed by atoms with Crippen molar-refractivity contribution in [3.63, 3.8) is 0 Å². The highest BCUT2D eigenvalue weighted by Crippen LogP contribution is 2.05. The minimum Gasteiger partial charge on any atom is -0.411 e. The summed E-state index contributed by atoms with van der Waals surface area (Å²) in [6.07, 6.45) is 1.51. The number of hydrogen-bond acceptors (Lipinski definition) is 3.